The zero-order valence-electron chi connectivity index (χ0n) is 15.3. The second kappa shape index (κ2) is 10.0. The van der Waals surface area contributed by atoms with Gasteiger partial charge >= 0.3 is 0 Å². The Kier molecular flexibility index (Phi) is 7.75. The number of benzene rings is 2. The van der Waals surface area contributed by atoms with Gasteiger partial charge in [0.25, 0.3) is 0 Å². The molecule has 0 amide bonds. The number of ether oxygens (including phenoxy) is 2. The van der Waals surface area contributed by atoms with E-state index >= 15 is 0 Å². The molecular formula is C19H21N3O4S2. The highest BCUT2D eigenvalue weighted by atomic mass is 32.2. The van der Waals surface area contributed by atoms with Gasteiger partial charge in [0.1, 0.15) is 16.7 Å². The number of nitrogens with one attached hydrogen (secondary N) is 1. The fourth-order valence-electron chi connectivity index (χ4n) is 2.36. The van der Waals surface area contributed by atoms with Crippen molar-refractivity contribution >= 4 is 33.0 Å². The Balaban J connectivity index is 2.57. The van der Waals surface area contributed by atoms with Gasteiger partial charge in [0.05, 0.1) is 5.69 Å². The van der Waals surface area contributed by atoms with E-state index < -0.39 is 10.0 Å². The molecule has 9 heteroatoms. The average Bonchev–Trinajstić information content (AvgIpc) is 2.67. The van der Waals surface area contributed by atoms with E-state index in [2.05, 4.69) is 5.32 Å². The molecular weight excluding hydrogens is 398 g/mol. The summed E-state index contributed by atoms with van der Waals surface area (Å²) in [5.74, 6) is 0.540. The largest absolute Gasteiger partial charge is 0.468 e. The third kappa shape index (κ3) is 5.92. The Labute approximate surface area is 170 Å². The number of rotatable bonds is 9. The van der Waals surface area contributed by atoms with Crippen LogP contribution in [0.5, 0.6) is 11.5 Å². The lowest BCUT2D eigenvalue weighted by atomic mass is 10.1. The van der Waals surface area contributed by atoms with E-state index in [-0.39, 0.29) is 22.3 Å². The van der Waals surface area contributed by atoms with E-state index in [1.165, 1.54) is 6.07 Å². The molecule has 0 aliphatic carbocycles. The number of primary sulfonamides is 1. The normalized spacial score (nSPS) is 10.8. The van der Waals surface area contributed by atoms with Gasteiger partial charge < -0.3 is 14.8 Å². The van der Waals surface area contributed by atoms with Crippen LogP contribution in [0.1, 0.15) is 25.3 Å². The van der Waals surface area contributed by atoms with Gasteiger partial charge in [0, 0.05) is 12.1 Å². The molecule has 0 heterocycles. The lowest BCUT2D eigenvalue weighted by Crippen LogP contribution is -2.16. The number of hydrogen-bond donors (Lipinski definition) is 2. The number of anilines is 1. The maximum atomic E-state index is 12.2. The average molecular weight is 420 g/mol. The minimum Gasteiger partial charge on any atom is -0.468 e. The predicted molar refractivity (Wildman–Crippen MR) is 111 cm³/mol. The number of nitrogens with zero attached hydrogens (tertiary/aromatic N) is 1. The summed E-state index contributed by atoms with van der Waals surface area (Å²) in [7, 11) is -4.13. The fourth-order valence-corrected chi connectivity index (χ4v) is 3.23. The molecule has 148 valence electrons. The maximum Gasteiger partial charge on any atom is 0.241 e. The topological polar surface area (TPSA) is 114 Å². The summed E-state index contributed by atoms with van der Waals surface area (Å²) in [5.41, 5.74) is 0.732. The Morgan fingerprint density at radius 2 is 2.00 bits per heavy atom. The molecule has 0 aliphatic rings. The first kappa shape index (κ1) is 21.6. The minimum absolute atomic E-state index is 0.00347. The number of sulfonamides is 1. The van der Waals surface area contributed by atoms with Gasteiger partial charge in [-0.25, -0.2) is 13.6 Å². The van der Waals surface area contributed by atoms with Crippen molar-refractivity contribution in [1.29, 1.82) is 5.26 Å². The summed E-state index contributed by atoms with van der Waals surface area (Å²) in [4.78, 5) is -0.226. The molecule has 0 bridgehead atoms. The van der Waals surface area contributed by atoms with Crippen molar-refractivity contribution < 1.29 is 17.9 Å². The summed E-state index contributed by atoms with van der Waals surface area (Å²) >= 11 is 5.16. The van der Waals surface area contributed by atoms with Crippen LogP contribution in [0.4, 0.5) is 5.69 Å². The zero-order valence-corrected chi connectivity index (χ0v) is 17.0. The van der Waals surface area contributed by atoms with E-state index in [1.807, 2.05) is 19.1 Å². The number of hydrogen-bond acceptors (Lipinski definition) is 7. The fraction of sp³-hybridized carbons (Fsp3) is 0.263. The third-order valence-corrected chi connectivity index (χ3v) is 4.94. The minimum atomic E-state index is -4.13. The lowest BCUT2D eigenvalue weighted by Gasteiger charge is -2.18. The Bertz CT molecular complexity index is 971. The summed E-state index contributed by atoms with van der Waals surface area (Å²) in [6, 6.07) is 13.5. The maximum absolute atomic E-state index is 12.2. The Morgan fingerprint density at radius 1 is 1.29 bits per heavy atom. The van der Waals surface area contributed by atoms with Crippen molar-refractivity contribution in [2.45, 2.75) is 24.7 Å². The number of nitrogens with two attached hydrogens (primary N) is 1. The first-order chi connectivity index (χ1) is 13.4. The van der Waals surface area contributed by atoms with Crippen molar-refractivity contribution in [2.75, 3.05) is 18.5 Å². The monoisotopic (exact) mass is 419 g/mol. The van der Waals surface area contributed by atoms with E-state index in [1.54, 1.807) is 30.3 Å². The molecule has 7 nitrogen and oxygen atoms in total. The van der Waals surface area contributed by atoms with Gasteiger partial charge in [-0.15, -0.1) is 0 Å². The lowest BCUT2D eigenvalue weighted by molar-refractivity contribution is 0.366. The van der Waals surface area contributed by atoms with Crippen LogP contribution in [0.25, 0.3) is 0 Å². The molecule has 0 unspecified atom stereocenters. The standard InChI is InChI=1S/C19H21N3O4S2/c1-2-3-10-22-16-12-14(19(27)25-11-9-20)13-17(28(21,23)24)18(16)26-15-7-5-4-6-8-15/h4-8,12-13,22H,2-3,10-11H2,1H3,(H2,21,23,24). The number of unbranched alkanes of at least 4 members (excludes halogenated alkanes) is 1. The number of nitriles is 1. The third-order valence-electron chi connectivity index (χ3n) is 3.67. The highest BCUT2D eigenvalue weighted by Gasteiger charge is 2.23. The first-order valence-electron chi connectivity index (χ1n) is 8.58. The Morgan fingerprint density at radius 3 is 2.61 bits per heavy atom. The van der Waals surface area contributed by atoms with Crippen LogP contribution in [0.2, 0.25) is 0 Å². The van der Waals surface area contributed by atoms with Gasteiger partial charge in [-0.3, -0.25) is 0 Å². The highest BCUT2D eigenvalue weighted by Crippen LogP contribution is 2.37. The van der Waals surface area contributed by atoms with E-state index in [9.17, 15) is 8.42 Å². The van der Waals surface area contributed by atoms with E-state index in [4.69, 9.17) is 32.1 Å². The molecule has 0 atom stereocenters. The molecule has 2 rings (SSSR count). The van der Waals surface area contributed by atoms with Crippen LogP contribution in [0, 0.1) is 11.3 Å². The van der Waals surface area contributed by atoms with Crippen molar-refractivity contribution in [1.82, 2.24) is 0 Å². The Hall–Kier alpha value is -2.67. The van der Waals surface area contributed by atoms with Crippen molar-refractivity contribution in [3.05, 3.63) is 48.0 Å². The predicted octanol–water partition coefficient (Wildman–Crippen LogP) is 3.55. The molecule has 28 heavy (non-hydrogen) atoms. The second-order valence-corrected chi connectivity index (χ2v) is 7.73. The molecule has 3 N–H and O–H groups in total. The van der Waals surface area contributed by atoms with Crippen molar-refractivity contribution in [3.8, 4) is 17.6 Å². The van der Waals surface area contributed by atoms with E-state index in [0.29, 0.717) is 23.5 Å². The van der Waals surface area contributed by atoms with Gasteiger partial charge in [-0.05, 0) is 42.9 Å². The van der Waals surface area contributed by atoms with Crippen LogP contribution in [0.3, 0.4) is 0 Å². The number of thiocarbonyl (C=S) groups is 1. The summed E-state index contributed by atoms with van der Waals surface area (Å²) in [5, 5.41) is 17.3. The van der Waals surface area contributed by atoms with Crippen LogP contribution in [-0.2, 0) is 14.8 Å². The molecule has 0 spiro atoms. The summed E-state index contributed by atoms with van der Waals surface area (Å²) in [6.45, 7) is 2.39. The van der Waals surface area contributed by atoms with Gasteiger partial charge in [0.2, 0.25) is 10.0 Å². The molecule has 0 radical (unpaired) electrons. The van der Waals surface area contributed by atoms with Gasteiger partial charge in [-0.1, -0.05) is 31.5 Å². The smallest absolute Gasteiger partial charge is 0.241 e. The summed E-state index contributed by atoms with van der Waals surface area (Å²) in [6.07, 6.45) is 1.82. The van der Waals surface area contributed by atoms with Crippen molar-refractivity contribution in [2.24, 2.45) is 5.14 Å². The SMILES string of the molecule is CCCCNc1cc(C(=S)OCC#N)cc(S(N)(=O)=O)c1Oc1ccccc1. The van der Waals surface area contributed by atoms with Gasteiger partial charge in [-0.2, -0.15) is 5.26 Å². The molecule has 0 aromatic heterocycles. The van der Waals surface area contributed by atoms with E-state index in [0.717, 1.165) is 12.8 Å². The molecule has 0 fully saturated rings. The highest BCUT2D eigenvalue weighted by molar-refractivity contribution is 7.89. The van der Waals surface area contributed by atoms with Crippen LogP contribution >= 0.6 is 12.2 Å². The second-order valence-electron chi connectivity index (χ2n) is 5.83. The zero-order chi connectivity index (χ0) is 20.6. The molecule has 2 aromatic carbocycles. The van der Waals surface area contributed by atoms with Crippen LogP contribution < -0.4 is 15.2 Å². The first-order valence-corrected chi connectivity index (χ1v) is 10.5. The van der Waals surface area contributed by atoms with Crippen LogP contribution in [-0.4, -0.2) is 26.6 Å². The molecule has 0 saturated heterocycles. The van der Waals surface area contributed by atoms with Gasteiger partial charge in [0.15, 0.2) is 17.4 Å². The molecule has 2 aromatic rings. The number of para-hydroxylation sites is 1. The summed E-state index contributed by atoms with van der Waals surface area (Å²) < 4.78 is 35.5. The van der Waals surface area contributed by atoms with Crippen LogP contribution in [0.15, 0.2) is 47.4 Å². The quantitative estimate of drug-likeness (QED) is 0.472. The molecule has 0 saturated carbocycles. The van der Waals surface area contributed by atoms with Crippen molar-refractivity contribution in [3.63, 3.8) is 0 Å². The molecule has 0 aliphatic heterocycles.